The van der Waals surface area contributed by atoms with Crippen molar-refractivity contribution in [3.05, 3.63) is 90.0 Å². The molecule has 0 bridgehead atoms. The number of rotatable bonds is 8. The van der Waals surface area contributed by atoms with E-state index in [2.05, 4.69) is 10.6 Å². The van der Waals surface area contributed by atoms with Crippen molar-refractivity contribution in [3.8, 4) is 5.75 Å². The van der Waals surface area contributed by atoms with Crippen molar-refractivity contribution < 1.29 is 14.3 Å². The fourth-order valence-corrected chi connectivity index (χ4v) is 3.44. The Balaban J connectivity index is 1.62. The second-order valence-corrected chi connectivity index (χ2v) is 7.62. The number of nitrogens with one attached hydrogen (secondary N) is 2. The highest BCUT2D eigenvalue weighted by molar-refractivity contribution is 7.80. The van der Waals surface area contributed by atoms with Crippen LogP contribution in [0.3, 0.4) is 0 Å². The van der Waals surface area contributed by atoms with Crippen LogP contribution in [0.1, 0.15) is 41.0 Å². The number of carbonyl (C=O) groups is 2. The maximum atomic E-state index is 12.9. The van der Waals surface area contributed by atoms with Gasteiger partial charge in [-0.15, -0.1) is 0 Å². The summed E-state index contributed by atoms with van der Waals surface area (Å²) in [6.07, 6.45) is 0.843. The molecule has 6 nitrogen and oxygen atoms in total. The van der Waals surface area contributed by atoms with Gasteiger partial charge in [-0.1, -0.05) is 37.3 Å². The van der Waals surface area contributed by atoms with Gasteiger partial charge in [0.2, 0.25) is 0 Å². The Hall–Kier alpha value is -3.71. The molecule has 0 radical (unpaired) electrons. The largest absolute Gasteiger partial charge is 0.493 e. The Morgan fingerprint density at radius 1 is 0.909 bits per heavy atom. The number of para-hydroxylation sites is 2. The first-order valence-electron chi connectivity index (χ1n) is 10.8. The highest BCUT2D eigenvalue weighted by Gasteiger charge is 2.16. The van der Waals surface area contributed by atoms with Gasteiger partial charge in [-0.25, -0.2) is 0 Å². The smallest absolute Gasteiger partial charge is 0.261 e. The molecule has 170 valence electrons. The molecule has 0 spiro atoms. The Kier molecular flexibility index (Phi) is 8.55. The number of hydrogen-bond donors (Lipinski definition) is 2. The minimum atomic E-state index is -0.354. The van der Waals surface area contributed by atoms with Crippen LogP contribution in [0.25, 0.3) is 0 Å². The number of benzene rings is 3. The van der Waals surface area contributed by atoms with Gasteiger partial charge in [-0.3, -0.25) is 14.9 Å². The van der Waals surface area contributed by atoms with Crippen molar-refractivity contribution in [1.29, 1.82) is 0 Å². The van der Waals surface area contributed by atoms with Crippen molar-refractivity contribution in [2.75, 3.05) is 23.4 Å². The average molecular weight is 462 g/mol. The van der Waals surface area contributed by atoms with Crippen LogP contribution in [0, 0.1) is 0 Å². The molecule has 0 aliphatic carbocycles. The summed E-state index contributed by atoms with van der Waals surface area (Å²) in [5.41, 5.74) is 2.48. The van der Waals surface area contributed by atoms with Crippen LogP contribution in [0.15, 0.2) is 78.9 Å². The molecule has 3 rings (SSSR count). The SMILES string of the molecule is CCCOc1ccccc1C(=O)NC(=S)Nc1ccc(C(=O)N(CC)c2ccccc2)cc1. The van der Waals surface area contributed by atoms with E-state index in [1.807, 2.05) is 50.2 Å². The van der Waals surface area contributed by atoms with Gasteiger partial charge in [-0.2, -0.15) is 0 Å². The molecule has 0 saturated heterocycles. The van der Waals surface area contributed by atoms with Crippen molar-refractivity contribution in [3.63, 3.8) is 0 Å². The molecule has 7 heteroatoms. The zero-order valence-electron chi connectivity index (χ0n) is 18.7. The van der Waals surface area contributed by atoms with Crippen molar-refractivity contribution in [1.82, 2.24) is 5.32 Å². The summed E-state index contributed by atoms with van der Waals surface area (Å²) >= 11 is 5.29. The monoisotopic (exact) mass is 461 g/mol. The van der Waals surface area contributed by atoms with Crippen molar-refractivity contribution in [2.24, 2.45) is 0 Å². The van der Waals surface area contributed by atoms with E-state index in [0.717, 1.165) is 12.1 Å². The Labute approximate surface area is 199 Å². The molecule has 2 amide bonds. The third kappa shape index (κ3) is 6.40. The highest BCUT2D eigenvalue weighted by atomic mass is 32.1. The lowest BCUT2D eigenvalue weighted by Crippen LogP contribution is -2.34. The molecule has 3 aromatic carbocycles. The van der Waals surface area contributed by atoms with Crippen LogP contribution in [-0.2, 0) is 0 Å². The molecule has 0 saturated carbocycles. The highest BCUT2D eigenvalue weighted by Crippen LogP contribution is 2.19. The van der Waals surface area contributed by atoms with Crippen LogP contribution < -0.4 is 20.3 Å². The van der Waals surface area contributed by atoms with E-state index >= 15 is 0 Å². The van der Waals surface area contributed by atoms with Gasteiger partial charge in [0.25, 0.3) is 11.8 Å². The first kappa shape index (κ1) is 23.9. The lowest BCUT2D eigenvalue weighted by atomic mass is 10.1. The number of amides is 2. The molecule has 0 unspecified atom stereocenters. The normalized spacial score (nSPS) is 10.2. The molecular formula is C26H27N3O3S. The summed E-state index contributed by atoms with van der Waals surface area (Å²) in [5.74, 6) is 0.0728. The summed E-state index contributed by atoms with van der Waals surface area (Å²) in [5, 5.41) is 5.81. The third-order valence-electron chi connectivity index (χ3n) is 4.84. The average Bonchev–Trinajstić information content (AvgIpc) is 2.84. The van der Waals surface area contributed by atoms with E-state index in [1.54, 1.807) is 47.4 Å². The van der Waals surface area contributed by atoms with Crippen molar-refractivity contribution >= 4 is 40.5 Å². The van der Waals surface area contributed by atoms with Crippen molar-refractivity contribution in [2.45, 2.75) is 20.3 Å². The zero-order chi connectivity index (χ0) is 23.6. The van der Waals surface area contributed by atoms with Crippen LogP contribution >= 0.6 is 12.2 Å². The minimum Gasteiger partial charge on any atom is -0.493 e. The zero-order valence-corrected chi connectivity index (χ0v) is 19.5. The number of ether oxygens (including phenoxy) is 1. The van der Waals surface area contributed by atoms with Gasteiger partial charge < -0.3 is 15.0 Å². The summed E-state index contributed by atoms with van der Waals surface area (Å²) in [4.78, 5) is 27.3. The van der Waals surface area contributed by atoms with Gasteiger partial charge in [0.1, 0.15) is 5.75 Å². The number of nitrogens with zero attached hydrogens (tertiary/aromatic N) is 1. The molecular weight excluding hydrogens is 434 g/mol. The minimum absolute atomic E-state index is 0.0881. The fraction of sp³-hybridized carbons (Fsp3) is 0.192. The van der Waals surface area contributed by atoms with Crippen LogP contribution in [0.4, 0.5) is 11.4 Å². The van der Waals surface area contributed by atoms with E-state index in [9.17, 15) is 9.59 Å². The summed E-state index contributed by atoms with van der Waals surface area (Å²) in [7, 11) is 0. The molecule has 0 aliphatic rings. The first-order valence-corrected chi connectivity index (χ1v) is 11.3. The van der Waals surface area contributed by atoms with E-state index in [4.69, 9.17) is 17.0 Å². The summed E-state index contributed by atoms with van der Waals surface area (Å²) < 4.78 is 5.64. The number of anilines is 2. The maximum absolute atomic E-state index is 12.9. The second kappa shape index (κ2) is 11.8. The van der Waals surface area contributed by atoms with Crippen LogP contribution in [-0.4, -0.2) is 30.1 Å². The van der Waals surface area contributed by atoms with Gasteiger partial charge in [0, 0.05) is 23.5 Å². The maximum Gasteiger partial charge on any atom is 0.261 e. The topological polar surface area (TPSA) is 70.7 Å². The molecule has 0 aromatic heterocycles. The number of thiocarbonyl (C=S) groups is 1. The fourth-order valence-electron chi connectivity index (χ4n) is 3.23. The number of carbonyl (C=O) groups excluding carboxylic acids is 2. The Morgan fingerprint density at radius 3 is 2.24 bits per heavy atom. The number of hydrogen-bond acceptors (Lipinski definition) is 4. The second-order valence-electron chi connectivity index (χ2n) is 7.22. The summed E-state index contributed by atoms with van der Waals surface area (Å²) in [6, 6.07) is 23.5. The molecule has 33 heavy (non-hydrogen) atoms. The molecule has 0 fully saturated rings. The standard InChI is InChI=1S/C26H27N3O3S/c1-3-18-32-23-13-9-8-12-22(23)24(30)28-26(33)27-20-16-14-19(15-17-20)25(31)29(4-2)21-10-6-5-7-11-21/h5-17H,3-4,18H2,1-2H3,(H2,27,28,30,33). The first-order chi connectivity index (χ1) is 16.0. The van der Waals surface area contributed by atoms with E-state index in [-0.39, 0.29) is 16.9 Å². The molecule has 3 aromatic rings. The van der Waals surface area contributed by atoms with Gasteiger partial charge >= 0.3 is 0 Å². The van der Waals surface area contributed by atoms with E-state index < -0.39 is 0 Å². The third-order valence-corrected chi connectivity index (χ3v) is 5.04. The predicted molar refractivity (Wildman–Crippen MR) is 136 cm³/mol. The molecule has 0 heterocycles. The Morgan fingerprint density at radius 2 is 1.58 bits per heavy atom. The van der Waals surface area contributed by atoms with Crippen LogP contribution in [0.5, 0.6) is 5.75 Å². The lowest BCUT2D eigenvalue weighted by Gasteiger charge is -2.21. The van der Waals surface area contributed by atoms with Gasteiger partial charge in [0.05, 0.1) is 12.2 Å². The van der Waals surface area contributed by atoms with E-state index in [1.165, 1.54) is 0 Å². The lowest BCUT2D eigenvalue weighted by molar-refractivity contribution is 0.0970. The molecule has 0 aliphatic heterocycles. The Bertz CT molecular complexity index is 1100. The predicted octanol–water partition coefficient (Wildman–Crippen LogP) is 5.27. The quantitative estimate of drug-likeness (QED) is 0.447. The molecule has 2 N–H and O–H groups in total. The van der Waals surface area contributed by atoms with Crippen LogP contribution in [0.2, 0.25) is 0 Å². The molecule has 0 atom stereocenters. The summed E-state index contributed by atoms with van der Waals surface area (Å²) in [6.45, 7) is 5.02. The van der Waals surface area contributed by atoms with E-state index in [0.29, 0.717) is 35.7 Å². The van der Waals surface area contributed by atoms with Gasteiger partial charge in [0.15, 0.2) is 5.11 Å². The van der Waals surface area contributed by atoms with Gasteiger partial charge in [-0.05, 0) is 74.1 Å².